The Hall–Kier alpha value is -1.99. The monoisotopic (exact) mass is 260 g/mol. The van der Waals surface area contributed by atoms with Gasteiger partial charge in [0.25, 0.3) is 0 Å². The van der Waals surface area contributed by atoms with Crippen molar-refractivity contribution < 1.29 is 24.6 Å². The highest BCUT2D eigenvalue weighted by molar-refractivity contribution is 5.87. The average molecular weight is 260 g/mol. The van der Waals surface area contributed by atoms with E-state index in [4.69, 9.17) is 10.2 Å². The van der Waals surface area contributed by atoms with Crippen LogP contribution >= 0.6 is 0 Å². The summed E-state index contributed by atoms with van der Waals surface area (Å²) in [6, 6.07) is -2.52. The molecule has 0 bridgehead atoms. The van der Waals surface area contributed by atoms with Crippen molar-refractivity contribution in [3.05, 3.63) is 4.91 Å². The van der Waals surface area contributed by atoms with Gasteiger partial charge in [0.1, 0.15) is 6.04 Å². The third kappa shape index (κ3) is 5.37. The average Bonchev–Trinajstić information content (AvgIpc) is 2.23. The molecule has 0 fully saturated rings. The van der Waals surface area contributed by atoms with Crippen LogP contribution in [0.4, 0.5) is 0 Å². The van der Waals surface area contributed by atoms with Gasteiger partial charge in [-0.05, 0) is 12.3 Å². The standard InChI is InChI=1S/C10H16N2O6/c1-5(2)8(12-18)9(15)11-6(10(16)17)3-4-7(13)14/h5-6,8H,3-4H2,1-2H3,(H,11,15)(H,13,14)(H,16,17)/t6-,8-/m0/s1. The molecule has 0 unspecified atom stereocenters. The number of hydrogen-bond acceptors (Lipinski definition) is 5. The number of rotatable bonds is 8. The molecular formula is C10H16N2O6. The van der Waals surface area contributed by atoms with Crippen molar-refractivity contribution in [2.75, 3.05) is 0 Å². The van der Waals surface area contributed by atoms with E-state index in [1.807, 2.05) is 0 Å². The molecule has 2 atom stereocenters. The molecule has 8 heteroatoms. The normalized spacial score (nSPS) is 13.7. The van der Waals surface area contributed by atoms with Crippen LogP contribution in [-0.2, 0) is 14.4 Å². The number of amides is 1. The zero-order valence-corrected chi connectivity index (χ0v) is 10.1. The summed E-state index contributed by atoms with van der Waals surface area (Å²) in [6.45, 7) is 3.19. The molecule has 0 aromatic heterocycles. The maximum Gasteiger partial charge on any atom is 0.326 e. The molecule has 0 aromatic carbocycles. The summed E-state index contributed by atoms with van der Waals surface area (Å²) in [5.74, 6) is -3.68. The van der Waals surface area contributed by atoms with Crippen molar-refractivity contribution in [3.63, 3.8) is 0 Å². The second-order valence-electron chi connectivity index (χ2n) is 4.13. The van der Waals surface area contributed by atoms with Crippen molar-refractivity contribution >= 4 is 17.8 Å². The van der Waals surface area contributed by atoms with Gasteiger partial charge in [-0.2, -0.15) is 0 Å². The first kappa shape index (κ1) is 16.0. The highest BCUT2D eigenvalue weighted by Gasteiger charge is 2.28. The Morgan fingerprint density at radius 1 is 1.22 bits per heavy atom. The molecule has 0 saturated carbocycles. The van der Waals surface area contributed by atoms with E-state index in [1.54, 1.807) is 13.8 Å². The Morgan fingerprint density at radius 3 is 2.11 bits per heavy atom. The third-order valence-corrected chi connectivity index (χ3v) is 2.28. The SMILES string of the molecule is CC(C)[C@H](N=O)C(=O)N[C@@H](CCC(=O)O)C(=O)O. The number of carboxylic acids is 2. The first-order valence-electron chi connectivity index (χ1n) is 5.37. The molecule has 3 N–H and O–H groups in total. The number of nitroso groups, excluding NO2 is 1. The van der Waals surface area contributed by atoms with Crippen LogP contribution in [0.15, 0.2) is 5.18 Å². The Bertz CT molecular complexity index is 341. The van der Waals surface area contributed by atoms with Crippen molar-refractivity contribution in [2.24, 2.45) is 11.1 Å². The van der Waals surface area contributed by atoms with Gasteiger partial charge in [0.15, 0.2) is 6.04 Å². The Morgan fingerprint density at radius 2 is 1.78 bits per heavy atom. The molecule has 0 aromatic rings. The van der Waals surface area contributed by atoms with Crippen LogP contribution in [0.1, 0.15) is 26.7 Å². The summed E-state index contributed by atoms with van der Waals surface area (Å²) in [5, 5.41) is 22.0. The minimum atomic E-state index is -1.35. The molecule has 0 rings (SSSR count). The zero-order valence-electron chi connectivity index (χ0n) is 10.1. The van der Waals surface area contributed by atoms with Crippen LogP contribution in [0, 0.1) is 10.8 Å². The highest BCUT2D eigenvalue weighted by Crippen LogP contribution is 2.07. The van der Waals surface area contributed by atoms with Gasteiger partial charge in [-0.1, -0.05) is 19.0 Å². The first-order chi connectivity index (χ1) is 8.29. The maximum atomic E-state index is 11.6. The summed E-state index contributed by atoms with van der Waals surface area (Å²) < 4.78 is 0. The van der Waals surface area contributed by atoms with Gasteiger partial charge in [0, 0.05) is 6.42 Å². The molecule has 0 aliphatic rings. The second-order valence-corrected chi connectivity index (χ2v) is 4.13. The molecular weight excluding hydrogens is 244 g/mol. The Labute approximate surface area is 103 Å². The van der Waals surface area contributed by atoms with Crippen LogP contribution in [0.3, 0.4) is 0 Å². The van der Waals surface area contributed by atoms with Crippen LogP contribution in [0.25, 0.3) is 0 Å². The summed E-state index contributed by atoms with van der Waals surface area (Å²) in [7, 11) is 0. The van der Waals surface area contributed by atoms with Gasteiger partial charge in [-0.15, -0.1) is 4.91 Å². The highest BCUT2D eigenvalue weighted by atomic mass is 16.4. The summed E-state index contributed by atoms with van der Waals surface area (Å²) >= 11 is 0. The lowest BCUT2D eigenvalue weighted by atomic mass is 10.0. The van der Waals surface area contributed by atoms with E-state index in [1.165, 1.54) is 0 Å². The lowest BCUT2D eigenvalue weighted by Gasteiger charge is -2.17. The largest absolute Gasteiger partial charge is 0.481 e. The molecule has 18 heavy (non-hydrogen) atoms. The van der Waals surface area contributed by atoms with Gasteiger partial charge in [0.05, 0.1) is 0 Å². The minimum absolute atomic E-state index is 0.250. The molecule has 0 saturated heterocycles. The molecule has 8 nitrogen and oxygen atoms in total. The summed E-state index contributed by atoms with van der Waals surface area (Å²) in [5.41, 5.74) is 0. The van der Waals surface area contributed by atoms with Crippen molar-refractivity contribution in [1.29, 1.82) is 0 Å². The van der Waals surface area contributed by atoms with Crippen LogP contribution in [-0.4, -0.2) is 40.1 Å². The van der Waals surface area contributed by atoms with Crippen molar-refractivity contribution in [3.8, 4) is 0 Å². The number of nitrogens with zero attached hydrogens (tertiary/aromatic N) is 1. The summed E-state index contributed by atoms with van der Waals surface area (Å²) in [6.07, 6.45) is -0.641. The van der Waals surface area contributed by atoms with Crippen LogP contribution < -0.4 is 5.32 Å². The maximum absolute atomic E-state index is 11.6. The minimum Gasteiger partial charge on any atom is -0.481 e. The number of aliphatic carboxylic acids is 2. The van der Waals surface area contributed by atoms with Gasteiger partial charge in [0.2, 0.25) is 5.91 Å². The van der Waals surface area contributed by atoms with E-state index in [-0.39, 0.29) is 12.3 Å². The molecule has 1 amide bonds. The fourth-order valence-electron chi connectivity index (χ4n) is 1.25. The van der Waals surface area contributed by atoms with Gasteiger partial charge in [-0.25, -0.2) is 4.79 Å². The Balaban J connectivity index is 4.57. The second kappa shape index (κ2) is 7.36. The fraction of sp³-hybridized carbons (Fsp3) is 0.700. The Kier molecular flexibility index (Phi) is 6.54. The molecule has 0 aliphatic heterocycles. The van der Waals surface area contributed by atoms with E-state index >= 15 is 0 Å². The fourth-order valence-corrected chi connectivity index (χ4v) is 1.25. The summed E-state index contributed by atoms with van der Waals surface area (Å²) in [4.78, 5) is 43.2. The molecule has 102 valence electrons. The number of carboxylic acid groups (broad SMARTS) is 2. The molecule has 0 heterocycles. The van der Waals surface area contributed by atoms with Crippen LogP contribution in [0.5, 0.6) is 0 Å². The van der Waals surface area contributed by atoms with Crippen molar-refractivity contribution in [1.82, 2.24) is 5.32 Å². The van der Waals surface area contributed by atoms with Gasteiger partial charge in [-0.3, -0.25) is 9.59 Å². The third-order valence-electron chi connectivity index (χ3n) is 2.28. The number of nitrogens with one attached hydrogen (secondary N) is 1. The number of carbonyl (C=O) groups is 3. The molecule has 0 aliphatic carbocycles. The first-order valence-corrected chi connectivity index (χ1v) is 5.37. The lowest BCUT2D eigenvalue weighted by molar-refractivity contribution is -0.143. The molecule has 0 spiro atoms. The van der Waals surface area contributed by atoms with Gasteiger partial charge < -0.3 is 15.5 Å². The predicted octanol–water partition coefficient (Wildman–Crippen LogP) is 0.212. The van der Waals surface area contributed by atoms with Crippen molar-refractivity contribution in [2.45, 2.75) is 38.8 Å². The van der Waals surface area contributed by atoms with E-state index in [0.29, 0.717) is 0 Å². The molecule has 0 radical (unpaired) electrons. The zero-order chi connectivity index (χ0) is 14.3. The van der Waals surface area contributed by atoms with E-state index in [2.05, 4.69) is 10.5 Å². The van der Waals surface area contributed by atoms with E-state index in [0.717, 1.165) is 0 Å². The topological polar surface area (TPSA) is 133 Å². The quantitative estimate of drug-likeness (QED) is 0.534. The van der Waals surface area contributed by atoms with Gasteiger partial charge >= 0.3 is 11.9 Å². The smallest absolute Gasteiger partial charge is 0.326 e. The van der Waals surface area contributed by atoms with Crippen LogP contribution in [0.2, 0.25) is 0 Å². The number of hydrogen-bond donors (Lipinski definition) is 3. The van der Waals surface area contributed by atoms with E-state index in [9.17, 15) is 19.3 Å². The van der Waals surface area contributed by atoms with E-state index < -0.39 is 36.4 Å². The number of carbonyl (C=O) groups excluding carboxylic acids is 1. The lowest BCUT2D eigenvalue weighted by Crippen LogP contribution is -2.46. The predicted molar refractivity (Wildman–Crippen MR) is 60.9 cm³/mol.